The number of hydrogen-bond donors (Lipinski definition) is 2. The second kappa shape index (κ2) is 12.5. The van der Waals surface area contributed by atoms with Crippen LogP contribution < -0.4 is 10.6 Å². The lowest BCUT2D eigenvalue weighted by Crippen LogP contribution is -2.42. The lowest BCUT2D eigenvalue weighted by Gasteiger charge is -2.26. The van der Waals surface area contributed by atoms with Crippen LogP contribution in [0.2, 0.25) is 0 Å². The third-order valence-electron chi connectivity index (χ3n) is 4.43. The number of allylic oxidation sites excluding steroid dienone is 3. The average molecular weight is 437 g/mol. The van der Waals surface area contributed by atoms with Crippen LogP contribution in [-0.2, 0) is 9.59 Å². The first-order valence-corrected chi connectivity index (χ1v) is 9.69. The first-order chi connectivity index (χ1) is 15.5. The molecule has 2 aromatic rings. The molecule has 0 aliphatic heterocycles. The van der Waals surface area contributed by atoms with E-state index in [0.29, 0.717) is 17.5 Å². The average Bonchev–Trinajstić information content (AvgIpc) is 2.82. The molecule has 0 saturated carbocycles. The van der Waals surface area contributed by atoms with Gasteiger partial charge in [0.2, 0.25) is 12.8 Å². The van der Waals surface area contributed by atoms with E-state index in [2.05, 4.69) is 21.9 Å². The summed E-state index contributed by atoms with van der Waals surface area (Å²) in [4.78, 5) is 43.6. The highest BCUT2D eigenvalue weighted by Gasteiger charge is 2.18. The quantitative estimate of drug-likeness (QED) is 0.415. The fraction of sp³-hybridized carbons (Fsp3) is 0.174. The van der Waals surface area contributed by atoms with E-state index in [9.17, 15) is 18.8 Å². The standard InChI is InChI=1S/C23H24FN5O3/c1-3-21(24)9-4-17(2)12-29(16-31)13-22(28-23(32)27-15-30)19-7-5-18(6-8-19)20-10-25-14-26-11-20/h3-11,14-16,22H,2,12-13H2,1H3,(H2,27,28,30,32)/b9-4-,21-3+/t22-/m0/s1. The Balaban J connectivity index is 2.19. The van der Waals surface area contributed by atoms with Crippen molar-refractivity contribution >= 4 is 18.9 Å². The smallest absolute Gasteiger partial charge is 0.321 e. The van der Waals surface area contributed by atoms with E-state index in [-0.39, 0.29) is 19.5 Å². The Bertz CT molecular complexity index is 990. The van der Waals surface area contributed by atoms with E-state index >= 15 is 0 Å². The minimum Gasteiger partial charge on any atom is -0.339 e. The van der Waals surface area contributed by atoms with Crippen molar-refractivity contribution in [2.45, 2.75) is 13.0 Å². The molecule has 0 unspecified atom stereocenters. The molecule has 0 spiro atoms. The summed E-state index contributed by atoms with van der Waals surface area (Å²) in [5.74, 6) is -0.419. The highest BCUT2D eigenvalue weighted by atomic mass is 19.1. The van der Waals surface area contributed by atoms with Crippen LogP contribution >= 0.6 is 0 Å². The number of benzene rings is 1. The molecule has 166 valence electrons. The number of hydrogen-bond acceptors (Lipinski definition) is 5. The van der Waals surface area contributed by atoms with Gasteiger partial charge >= 0.3 is 6.03 Å². The van der Waals surface area contributed by atoms with Crippen LogP contribution in [0.15, 0.2) is 79.2 Å². The zero-order chi connectivity index (χ0) is 23.3. The summed E-state index contributed by atoms with van der Waals surface area (Å²) in [6, 6.07) is 5.96. The number of rotatable bonds is 11. The molecular formula is C23H24FN5O3. The second-order valence-corrected chi connectivity index (χ2v) is 6.74. The number of urea groups is 1. The molecule has 2 rings (SSSR count). The maximum atomic E-state index is 13.3. The molecule has 8 nitrogen and oxygen atoms in total. The van der Waals surface area contributed by atoms with Gasteiger partial charge in [0.25, 0.3) is 0 Å². The van der Waals surface area contributed by atoms with Crippen molar-refractivity contribution in [2.24, 2.45) is 0 Å². The molecule has 2 N–H and O–H groups in total. The maximum absolute atomic E-state index is 13.3. The minimum atomic E-state index is -0.703. The number of carbonyl (C=O) groups is 3. The van der Waals surface area contributed by atoms with Gasteiger partial charge in [0.15, 0.2) is 0 Å². The molecule has 0 bridgehead atoms. The third-order valence-corrected chi connectivity index (χ3v) is 4.43. The summed E-state index contributed by atoms with van der Waals surface area (Å²) in [6.07, 6.45) is 9.72. The summed E-state index contributed by atoms with van der Waals surface area (Å²) < 4.78 is 13.3. The molecule has 0 saturated heterocycles. The van der Waals surface area contributed by atoms with Crippen LogP contribution in [0.25, 0.3) is 11.1 Å². The molecular weight excluding hydrogens is 413 g/mol. The van der Waals surface area contributed by atoms with Gasteiger partial charge < -0.3 is 10.2 Å². The lowest BCUT2D eigenvalue weighted by atomic mass is 10.0. The number of halogens is 1. The van der Waals surface area contributed by atoms with Crippen molar-refractivity contribution in [2.75, 3.05) is 13.1 Å². The molecule has 0 radical (unpaired) electrons. The minimum absolute atomic E-state index is 0.0997. The molecule has 1 heterocycles. The zero-order valence-electron chi connectivity index (χ0n) is 17.6. The number of nitrogens with one attached hydrogen (secondary N) is 2. The highest BCUT2D eigenvalue weighted by molar-refractivity contribution is 5.84. The van der Waals surface area contributed by atoms with Gasteiger partial charge in [-0.3, -0.25) is 14.9 Å². The number of imide groups is 1. The Hall–Kier alpha value is -4.14. The van der Waals surface area contributed by atoms with Crippen LogP contribution in [0.5, 0.6) is 0 Å². The molecule has 0 aliphatic carbocycles. The lowest BCUT2D eigenvalue weighted by molar-refractivity contribution is -0.118. The van der Waals surface area contributed by atoms with Gasteiger partial charge in [0, 0.05) is 31.0 Å². The Labute approximate surface area is 185 Å². The van der Waals surface area contributed by atoms with E-state index in [1.54, 1.807) is 31.5 Å². The van der Waals surface area contributed by atoms with Crippen molar-refractivity contribution < 1.29 is 18.8 Å². The summed E-state index contributed by atoms with van der Waals surface area (Å²) in [5, 5.41) is 4.69. The Kier molecular flexibility index (Phi) is 9.45. The second-order valence-electron chi connectivity index (χ2n) is 6.74. The molecule has 1 atom stereocenters. The van der Waals surface area contributed by atoms with E-state index in [4.69, 9.17) is 0 Å². The van der Waals surface area contributed by atoms with Gasteiger partial charge in [-0.1, -0.05) is 43.0 Å². The number of aromatic nitrogens is 2. The largest absolute Gasteiger partial charge is 0.339 e. The monoisotopic (exact) mass is 437 g/mol. The molecule has 4 amide bonds. The number of carbonyl (C=O) groups excluding carboxylic acids is 3. The predicted molar refractivity (Wildman–Crippen MR) is 119 cm³/mol. The van der Waals surface area contributed by atoms with Gasteiger partial charge in [0.1, 0.15) is 12.2 Å². The van der Waals surface area contributed by atoms with E-state index in [0.717, 1.165) is 11.1 Å². The maximum Gasteiger partial charge on any atom is 0.321 e. The molecule has 0 aliphatic rings. The SMILES string of the molecule is C=C(/C=C\C(F)=C/C)CN(C=O)C[C@H](NC(=O)NC=O)c1ccc(-c2cncnc2)cc1. The van der Waals surface area contributed by atoms with Crippen LogP contribution in [0.3, 0.4) is 0 Å². The Morgan fingerprint density at radius 2 is 1.84 bits per heavy atom. The summed E-state index contributed by atoms with van der Waals surface area (Å²) >= 11 is 0. The summed E-state index contributed by atoms with van der Waals surface area (Å²) in [5.41, 5.74) is 2.92. The predicted octanol–water partition coefficient (Wildman–Crippen LogP) is 3.08. The molecule has 1 aromatic heterocycles. The topological polar surface area (TPSA) is 104 Å². The fourth-order valence-electron chi connectivity index (χ4n) is 2.83. The zero-order valence-corrected chi connectivity index (χ0v) is 17.6. The van der Waals surface area contributed by atoms with Crippen molar-refractivity contribution in [1.82, 2.24) is 25.5 Å². The molecule has 9 heteroatoms. The van der Waals surface area contributed by atoms with Crippen molar-refractivity contribution in [3.05, 3.63) is 84.8 Å². The Morgan fingerprint density at radius 1 is 1.16 bits per heavy atom. The van der Waals surface area contributed by atoms with E-state index < -0.39 is 17.9 Å². The van der Waals surface area contributed by atoms with Gasteiger partial charge in [-0.15, -0.1) is 0 Å². The van der Waals surface area contributed by atoms with Crippen LogP contribution in [-0.4, -0.2) is 46.8 Å². The Morgan fingerprint density at radius 3 is 2.44 bits per heavy atom. The highest BCUT2D eigenvalue weighted by Crippen LogP contribution is 2.21. The number of nitrogens with zero attached hydrogens (tertiary/aromatic N) is 3. The normalized spacial score (nSPS) is 12.1. The molecule has 32 heavy (non-hydrogen) atoms. The van der Waals surface area contributed by atoms with Crippen LogP contribution in [0, 0.1) is 0 Å². The third kappa shape index (κ3) is 7.60. The summed E-state index contributed by atoms with van der Waals surface area (Å²) in [6.45, 7) is 5.62. The van der Waals surface area contributed by atoms with Crippen molar-refractivity contribution in [1.29, 1.82) is 0 Å². The van der Waals surface area contributed by atoms with Gasteiger partial charge in [0.05, 0.1) is 6.04 Å². The molecule has 1 aromatic carbocycles. The summed E-state index contributed by atoms with van der Waals surface area (Å²) in [7, 11) is 0. The van der Waals surface area contributed by atoms with E-state index in [1.807, 2.05) is 17.4 Å². The van der Waals surface area contributed by atoms with Crippen LogP contribution in [0.4, 0.5) is 9.18 Å². The van der Waals surface area contributed by atoms with Crippen LogP contribution in [0.1, 0.15) is 18.5 Å². The van der Waals surface area contributed by atoms with Crippen molar-refractivity contribution in [3.63, 3.8) is 0 Å². The fourth-order valence-corrected chi connectivity index (χ4v) is 2.83. The first kappa shape index (κ1) is 24.1. The van der Waals surface area contributed by atoms with Crippen molar-refractivity contribution in [3.8, 4) is 11.1 Å². The van der Waals surface area contributed by atoms with Gasteiger partial charge in [-0.25, -0.2) is 19.2 Å². The van der Waals surface area contributed by atoms with Gasteiger partial charge in [-0.2, -0.15) is 0 Å². The molecule has 0 fully saturated rings. The van der Waals surface area contributed by atoms with E-state index in [1.165, 1.54) is 29.5 Å². The van der Waals surface area contributed by atoms with Gasteiger partial charge in [-0.05, 0) is 29.7 Å². The first-order valence-electron chi connectivity index (χ1n) is 9.69. The number of amides is 4.